The maximum absolute atomic E-state index is 12.8. The minimum absolute atomic E-state index is 0.0101. The van der Waals surface area contributed by atoms with Crippen LogP contribution in [0, 0.1) is 0 Å². The minimum atomic E-state index is -4.65. The number of alkyl halides is 4. The average molecular weight is 309 g/mol. The molecule has 1 aromatic carbocycles. The molecule has 7 heteroatoms. The SMILES string of the molecule is CCOC(=O)c1cc(C(=O)CCCl)cc(C(F)(F)F)c1. The standard InChI is InChI=1S/C13H12ClF3O3/c1-2-20-12(19)9-5-8(11(18)3-4-14)6-10(7-9)13(15,16)17/h5-7H,2-4H2,1H3. The van der Waals surface area contributed by atoms with Crippen molar-refractivity contribution in [3.8, 4) is 0 Å². The van der Waals surface area contributed by atoms with Gasteiger partial charge >= 0.3 is 12.1 Å². The average Bonchev–Trinajstić information content (AvgIpc) is 2.37. The van der Waals surface area contributed by atoms with Crippen molar-refractivity contribution >= 4 is 23.4 Å². The molecule has 1 aromatic rings. The molecule has 1 rings (SSSR count). The molecule has 0 fully saturated rings. The smallest absolute Gasteiger partial charge is 0.416 e. The van der Waals surface area contributed by atoms with E-state index in [2.05, 4.69) is 4.74 Å². The van der Waals surface area contributed by atoms with Crippen molar-refractivity contribution < 1.29 is 27.5 Å². The zero-order valence-corrected chi connectivity index (χ0v) is 11.3. The number of hydrogen-bond donors (Lipinski definition) is 0. The number of Topliss-reactive ketones (excluding diaryl/α,β-unsaturated/α-hetero) is 1. The first kappa shape index (κ1) is 16.5. The summed E-state index contributed by atoms with van der Waals surface area (Å²) in [7, 11) is 0. The molecule has 0 saturated carbocycles. The molecule has 0 amide bonds. The third kappa shape index (κ3) is 4.23. The van der Waals surface area contributed by atoms with Gasteiger partial charge in [0.15, 0.2) is 5.78 Å². The number of rotatable bonds is 5. The van der Waals surface area contributed by atoms with Gasteiger partial charge in [-0.05, 0) is 25.1 Å². The van der Waals surface area contributed by atoms with E-state index in [1.807, 2.05) is 0 Å². The second kappa shape index (κ2) is 6.74. The molecule has 0 bridgehead atoms. The van der Waals surface area contributed by atoms with E-state index in [0.717, 1.165) is 6.07 Å². The molecule has 0 aromatic heterocycles. The van der Waals surface area contributed by atoms with Crippen LogP contribution in [0.4, 0.5) is 13.2 Å². The molecule has 110 valence electrons. The maximum Gasteiger partial charge on any atom is 0.416 e. The molecule has 0 spiro atoms. The van der Waals surface area contributed by atoms with E-state index in [0.29, 0.717) is 12.1 Å². The van der Waals surface area contributed by atoms with Crippen LogP contribution in [0.3, 0.4) is 0 Å². The zero-order chi connectivity index (χ0) is 15.3. The zero-order valence-electron chi connectivity index (χ0n) is 10.6. The van der Waals surface area contributed by atoms with Crippen LogP contribution in [0.5, 0.6) is 0 Å². The summed E-state index contributed by atoms with van der Waals surface area (Å²) in [6.45, 7) is 1.56. The first-order valence-corrected chi connectivity index (χ1v) is 6.31. The fourth-order valence-corrected chi connectivity index (χ4v) is 1.69. The first-order chi connectivity index (χ1) is 9.29. The number of carbonyl (C=O) groups excluding carboxylic acids is 2. The third-order valence-electron chi connectivity index (χ3n) is 2.42. The largest absolute Gasteiger partial charge is 0.462 e. The van der Waals surface area contributed by atoms with Crippen LogP contribution in [-0.4, -0.2) is 24.2 Å². The molecule has 0 saturated heterocycles. The summed E-state index contributed by atoms with van der Waals surface area (Å²) in [5, 5.41) is 0. The number of halogens is 4. The van der Waals surface area contributed by atoms with E-state index in [-0.39, 0.29) is 30.0 Å². The van der Waals surface area contributed by atoms with Gasteiger partial charge in [-0.25, -0.2) is 4.79 Å². The molecule has 0 aliphatic heterocycles. The van der Waals surface area contributed by atoms with Crippen molar-refractivity contribution in [1.29, 1.82) is 0 Å². The highest BCUT2D eigenvalue weighted by Gasteiger charge is 2.32. The number of benzene rings is 1. The van der Waals surface area contributed by atoms with Crippen molar-refractivity contribution in [2.24, 2.45) is 0 Å². The molecule has 0 radical (unpaired) electrons. The van der Waals surface area contributed by atoms with Crippen LogP contribution < -0.4 is 0 Å². The first-order valence-electron chi connectivity index (χ1n) is 5.78. The molecule has 0 aliphatic carbocycles. The number of ketones is 1. The summed E-state index contributed by atoms with van der Waals surface area (Å²) >= 11 is 5.39. The second-order valence-electron chi connectivity index (χ2n) is 3.88. The Bertz CT molecular complexity index is 476. The number of esters is 1. The van der Waals surface area contributed by atoms with Crippen molar-refractivity contribution in [3.63, 3.8) is 0 Å². The fraction of sp³-hybridized carbons (Fsp3) is 0.385. The summed E-state index contributed by atoms with van der Waals surface area (Å²) in [5.41, 5.74) is -1.58. The van der Waals surface area contributed by atoms with Gasteiger partial charge in [-0.1, -0.05) is 0 Å². The van der Waals surface area contributed by atoms with Gasteiger partial charge in [-0.2, -0.15) is 13.2 Å². The molecule has 0 heterocycles. The summed E-state index contributed by atoms with van der Waals surface area (Å²) in [5.74, 6) is -1.47. The van der Waals surface area contributed by atoms with E-state index in [1.54, 1.807) is 0 Å². The quantitative estimate of drug-likeness (QED) is 0.473. The van der Waals surface area contributed by atoms with Crippen LogP contribution >= 0.6 is 11.6 Å². The molecule has 20 heavy (non-hydrogen) atoms. The summed E-state index contributed by atoms with van der Waals surface area (Å²) < 4.78 is 42.9. The Morgan fingerprint density at radius 3 is 2.30 bits per heavy atom. The minimum Gasteiger partial charge on any atom is -0.462 e. The van der Waals surface area contributed by atoms with Crippen LogP contribution in [0.1, 0.15) is 39.6 Å². The molecular weight excluding hydrogens is 297 g/mol. The van der Waals surface area contributed by atoms with E-state index >= 15 is 0 Å². The topological polar surface area (TPSA) is 43.4 Å². The Labute approximate surface area is 118 Å². The third-order valence-corrected chi connectivity index (χ3v) is 2.60. The van der Waals surface area contributed by atoms with Crippen molar-refractivity contribution in [2.45, 2.75) is 19.5 Å². The van der Waals surface area contributed by atoms with Crippen molar-refractivity contribution in [1.82, 2.24) is 0 Å². The molecule has 0 aliphatic rings. The predicted molar refractivity (Wildman–Crippen MR) is 67.1 cm³/mol. The highest BCUT2D eigenvalue weighted by atomic mass is 35.5. The molecule has 0 unspecified atom stereocenters. The summed E-state index contributed by atoms with van der Waals surface area (Å²) in [6.07, 6.45) is -4.76. The second-order valence-corrected chi connectivity index (χ2v) is 4.26. The summed E-state index contributed by atoms with van der Waals surface area (Å²) in [4.78, 5) is 23.2. The van der Waals surface area contributed by atoms with Gasteiger partial charge in [0, 0.05) is 17.9 Å². The lowest BCUT2D eigenvalue weighted by molar-refractivity contribution is -0.137. The molecule has 3 nitrogen and oxygen atoms in total. The van der Waals surface area contributed by atoms with Gasteiger partial charge in [-0.15, -0.1) is 11.6 Å². The van der Waals surface area contributed by atoms with E-state index in [9.17, 15) is 22.8 Å². The van der Waals surface area contributed by atoms with E-state index in [4.69, 9.17) is 11.6 Å². The molecular formula is C13H12ClF3O3. The van der Waals surface area contributed by atoms with E-state index < -0.39 is 23.5 Å². The lowest BCUT2D eigenvalue weighted by atomic mass is 10.0. The maximum atomic E-state index is 12.8. The number of ether oxygens (including phenoxy) is 1. The van der Waals surface area contributed by atoms with Gasteiger partial charge in [0.1, 0.15) is 0 Å². The normalized spacial score (nSPS) is 11.2. The lowest BCUT2D eigenvalue weighted by Gasteiger charge is -2.11. The summed E-state index contributed by atoms with van der Waals surface area (Å²) in [6, 6.07) is 2.45. The Balaban J connectivity index is 3.28. The predicted octanol–water partition coefficient (Wildman–Crippen LogP) is 3.69. The van der Waals surface area contributed by atoms with Crippen LogP contribution in [-0.2, 0) is 10.9 Å². The Morgan fingerprint density at radius 2 is 1.80 bits per heavy atom. The van der Waals surface area contributed by atoms with Gasteiger partial charge in [0.25, 0.3) is 0 Å². The van der Waals surface area contributed by atoms with Gasteiger partial charge in [0.2, 0.25) is 0 Å². The van der Waals surface area contributed by atoms with Crippen molar-refractivity contribution in [3.05, 3.63) is 34.9 Å². The Kier molecular flexibility index (Phi) is 5.56. The Hall–Kier alpha value is -1.56. The number of carbonyl (C=O) groups is 2. The number of hydrogen-bond acceptors (Lipinski definition) is 3. The van der Waals surface area contributed by atoms with Gasteiger partial charge in [0.05, 0.1) is 17.7 Å². The lowest BCUT2D eigenvalue weighted by Crippen LogP contribution is -2.13. The fourth-order valence-electron chi connectivity index (χ4n) is 1.51. The van der Waals surface area contributed by atoms with Crippen LogP contribution in [0.25, 0.3) is 0 Å². The van der Waals surface area contributed by atoms with Gasteiger partial charge in [-0.3, -0.25) is 4.79 Å². The van der Waals surface area contributed by atoms with Crippen LogP contribution in [0.2, 0.25) is 0 Å². The highest BCUT2D eigenvalue weighted by molar-refractivity contribution is 6.19. The highest BCUT2D eigenvalue weighted by Crippen LogP contribution is 2.31. The molecule has 0 atom stereocenters. The van der Waals surface area contributed by atoms with E-state index in [1.165, 1.54) is 6.92 Å². The molecule has 0 N–H and O–H groups in total. The van der Waals surface area contributed by atoms with Gasteiger partial charge < -0.3 is 4.74 Å². The Morgan fingerprint density at radius 1 is 1.20 bits per heavy atom. The van der Waals surface area contributed by atoms with Crippen LogP contribution in [0.15, 0.2) is 18.2 Å². The van der Waals surface area contributed by atoms with Crippen molar-refractivity contribution in [2.75, 3.05) is 12.5 Å². The monoisotopic (exact) mass is 308 g/mol.